The van der Waals surface area contributed by atoms with Crippen molar-refractivity contribution in [2.45, 2.75) is 13.8 Å². The summed E-state index contributed by atoms with van der Waals surface area (Å²) in [5.41, 5.74) is 1.74. The Hall–Kier alpha value is -1.45. The zero-order chi connectivity index (χ0) is 9.84. The molecule has 4 heteroatoms. The van der Waals surface area contributed by atoms with Crippen molar-refractivity contribution in [1.29, 1.82) is 0 Å². The number of aliphatic imine (C=N–C) groups is 1. The fourth-order valence-electron chi connectivity index (χ4n) is 0.817. The van der Waals surface area contributed by atoms with Gasteiger partial charge in [-0.3, -0.25) is 4.98 Å². The van der Waals surface area contributed by atoms with Crippen LogP contribution in [0.3, 0.4) is 0 Å². The second kappa shape index (κ2) is 3.98. The average Bonchev–Trinajstić information content (AvgIpc) is 2.06. The van der Waals surface area contributed by atoms with E-state index < -0.39 is 0 Å². The van der Waals surface area contributed by atoms with E-state index in [4.69, 9.17) is 0 Å². The monoisotopic (exact) mass is 178 g/mol. The lowest BCUT2D eigenvalue weighted by Gasteiger charge is -2.03. The first-order valence-corrected chi connectivity index (χ1v) is 4.10. The van der Waals surface area contributed by atoms with Gasteiger partial charge in [0.15, 0.2) is 5.82 Å². The average molecular weight is 178 g/mol. The molecule has 0 unspecified atom stereocenters. The van der Waals surface area contributed by atoms with Gasteiger partial charge in [0.05, 0.1) is 17.7 Å². The third-order valence-corrected chi connectivity index (χ3v) is 1.46. The molecule has 1 aromatic heterocycles. The van der Waals surface area contributed by atoms with Crippen LogP contribution in [0.5, 0.6) is 0 Å². The summed E-state index contributed by atoms with van der Waals surface area (Å²) in [5, 5.41) is 0. The molecule has 0 spiro atoms. The highest BCUT2D eigenvalue weighted by Crippen LogP contribution is 2.11. The minimum absolute atomic E-state index is 0.689. The molecule has 0 aliphatic rings. The fraction of sp³-hybridized carbons (Fsp3) is 0.444. The molecule has 0 radical (unpaired) electrons. The van der Waals surface area contributed by atoms with Gasteiger partial charge in [-0.1, -0.05) is 0 Å². The summed E-state index contributed by atoms with van der Waals surface area (Å²) in [6.07, 6.45) is 3.46. The Labute approximate surface area is 78.4 Å². The van der Waals surface area contributed by atoms with Crippen molar-refractivity contribution in [2.24, 2.45) is 4.99 Å². The Bertz CT molecular complexity index is 317. The van der Waals surface area contributed by atoms with Crippen LogP contribution in [0.1, 0.15) is 11.4 Å². The lowest BCUT2D eigenvalue weighted by Crippen LogP contribution is -2.07. The normalized spacial score (nSPS) is 10.8. The van der Waals surface area contributed by atoms with E-state index in [0.29, 0.717) is 5.82 Å². The minimum atomic E-state index is 0.689. The Morgan fingerprint density at radius 2 is 2.08 bits per heavy atom. The standard InChI is InChI=1S/C9H14N4/c1-7-5-10-8(2)9(12-7)11-6-13(3)4/h5-6H,1-4H3/b11-6+. The molecule has 0 saturated heterocycles. The van der Waals surface area contributed by atoms with Crippen LogP contribution in [0, 0.1) is 13.8 Å². The first kappa shape index (κ1) is 9.64. The van der Waals surface area contributed by atoms with Gasteiger partial charge in [-0.15, -0.1) is 0 Å². The molecule has 1 rings (SSSR count). The number of rotatable bonds is 2. The molecule has 0 aromatic carbocycles. The molecule has 0 aliphatic heterocycles. The van der Waals surface area contributed by atoms with E-state index in [1.165, 1.54) is 0 Å². The van der Waals surface area contributed by atoms with Crippen molar-refractivity contribution in [2.75, 3.05) is 14.1 Å². The quantitative estimate of drug-likeness (QED) is 0.506. The van der Waals surface area contributed by atoms with Crippen LogP contribution >= 0.6 is 0 Å². The lowest BCUT2D eigenvalue weighted by atomic mass is 10.4. The van der Waals surface area contributed by atoms with E-state index in [2.05, 4.69) is 15.0 Å². The molecule has 0 N–H and O–H groups in total. The number of hydrogen-bond donors (Lipinski definition) is 0. The van der Waals surface area contributed by atoms with Crippen molar-refractivity contribution in [1.82, 2.24) is 14.9 Å². The molecule has 0 fully saturated rings. The Morgan fingerprint density at radius 3 is 2.69 bits per heavy atom. The van der Waals surface area contributed by atoms with E-state index in [-0.39, 0.29) is 0 Å². The van der Waals surface area contributed by atoms with Gasteiger partial charge in [-0.25, -0.2) is 9.98 Å². The third-order valence-electron chi connectivity index (χ3n) is 1.46. The summed E-state index contributed by atoms with van der Waals surface area (Å²) in [6, 6.07) is 0. The summed E-state index contributed by atoms with van der Waals surface area (Å²) in [5.74, 6) is 0.689. The van der Waals surface area contributed by atoms with E-state index in [9.17, 15) is 0 Å². The van der Waals surface area contributed by atoms with Gasteiger partial charge in [0.1, 0.15) is 0 Å². The van der Waals surface area contributed by atoms with Crippen molar-refractivity contribution >= 4 is 12.2 Å². The highest BCUT2D eigenvalue weighted by Gasteiger charge is 1.98. The SMILES string of the molecule is Cc1cnc(C)c(/N=C/N(C)C)n1. The highest BCUT2D eigenvalue weighted by atomic mass is 15.1. The van der Waals surface area contributed by atoms with Crippen LogP contribution in [0.25, 0.3) is 0 Å². The van der Waals surface area contributed by atoms with Crippen molar-refractivity contribution in [3.63, 3.8) is 0 Å². The predicted molar refractivity (Wildman–Crippen MR) is 53.3 cm³/mol. The van der Waals surface area contributed by atoms with Crippen molar-refractivity contribution < 1.29 is 0 Å². The van der Waals surface area contributed by atoms with Crippen molar-refractivity contribution in [3.05, 3.63) is 17.6 Å². The highest BCUT2D eigenvalue weighted by molar-refractivity contribution is 5.59. The van der Waals surface area contributed by atoms with Gasteiger partial charge < -0.3 is 4.90 Å². The minimum Gasteiger partial charge on any atom is -0.369 e. The zero-order valence-electron chi connectivity index (χ0n) is 8.44. The first-order valence-electron chi connectivity index (χ1n) is 4.10. The van der Waals surface area contributed by atoms with Crippen LogP contribution in [-0.4, -0.2) is 35.3 Å². The van der Waals surface area contributed by atoms with Crippen LogP contribution < -0.4 is 0 Å². The summed E-state index contributed by atoms with van der Waals surface area (Å²) < 4.78 is 0. The lowest BCUT2D eigenvalue weighted by molar-refractivity contribution is 0.642. The topological polar surface area (TPSA) is 41.4 Å². The summed E-state index contributed by atoms with van der Waals surface area (Å²) in [4.78, 5) is 14.5. The van der Waals surface area contributed by atoms with E-state index >= 15 is 0 Å². The van der Waals surface area contributed by atoms with E-state index in [1.54, 1.807) is 12.5 Å². The summed E-state index contributed by atoms with van der Waals surface area (Å²) in [6.45, 7) is 3.80. The van der Waals surface area contributed by atoms with E-state index in [1.807, 2.05) is 32.8 Å². The second-order valence-electron chi connectivity index (χ2n) is 3.13. The Morgan fingerprint density at radius 1 is 1.38 bits per heavy atom. The molecule has 0 amide bonds. The predicted octanol–water partition coefficient (Wildman–Crippen LogP) is 1.31. The van der Waals surface area contributed by atoms with Gasteiger partial charge in [0, 0.05) is 20.3 Å². The van der Waals surface area contributed by atoms with Crippen molar-refractivity contribution in [3.8, 4) is 0 Å². The molecule has 0 aliphatic carbocycles. The van der Waals surface area contributed by atoms with Gasteiger partial charge in [-0.05, 0) is 13.8 Å². The Kier molecular flexibility index (Phi) is 2.95. The maximum Gasteiger partial charge on any atom is 0.175 e. The molecule has 13 heavy (non-hydrogen) atoms. The maximum absolute atomic E-state index is 4.26. The fourth-order valence-corrected chi connectivity index (χ4v) is 0.817. The number of aryl methyl sites for hydroxylation is 2. The second-order valence-corrected chi connectivity index (χ2v) is 3.13. The van der Waals surface area contributed by atoms with E-state index in [0.717, 1.165) is 11.4 Å². The smallest absolute Gasteiger partial charge is 0.175 e. The number of aromatic nitrogens is 2. The van der Waals surface area contributed by atoms with Gasteiger partial charge in [0.2, 0.25) is 0 Å². The summed E-state index contributed by atoms with van der Waals surface area (Å²) >= 11 is 0. The molecule has 0 bridgehead atoms. The Balaban J connectivity index is 2.93. The molecule has 0 saturated carbocycles. The molecule has 1 aromatic rings. The van der Waals surface area contributed by atoms with Gasteiger partial charge >= 0.3 is 0 Å². The van der Waals surface area contributed by atoms with Crippen LogP contribution in [0.2, 0.25) is 0 Å². The molecule has 0 atom stereocenters. The molecular weight excluding hydrogens is 164 g/mol. The maximum atomic E-state index is 4.26. The molecule has 4 nitrogen and oxygen atoms in total. The van der Waals surface area contributed by atoms with Gasteiger partial charge in [-0.2, -0.15) is 0 Å². The van der Waals surface area contributed by atoms with Gasteiger partial charge in [0.25, 0.3) is 0 Å². The first-order chi connectivity index (χ1) is 6.09. The largest absolute Gasteiger partial charge is 0.369 e. The third kappa shape index (κ3) is 2.82. The molecule has 70 valence electrons. The zero-order valence-corrected chi connectivity index (χ0v) is 8.44. The molecular formula is C9H14N4. The van der Waals surface area contributed by atoms with Crippen LogP contribution in [0.4, 0.5) is 5.82 Å². The molecule has 1 heterocycles. The number of hydrogen-bond acceptors (Lipinski definition) is 3. The number of nitrogens with zero attached hydrogens (tertiary/aromatic N) is 4. The van der Waals surface area contributed by atoms with Crippen LogP contribution in [-0.2, 0) is 0 Å². The summed E-state index contributed by atoms with van der Waals surface area (Å²) in [7, 11) is 3.84. The van der Waals surface area contributed by atoms with Crippen LogP contribution in [0.15, 0.2) is 11.2 Å².